The molecule has 1 amide bonds. The minimum atomic E-state index is -5.10. The molecule has 1 saturated carbocycles. The third-order valence-electron chi connectivity index (χ3n) is 5.98. The van der Waals surface area contributed by atoms with E-state index in [2.05, 4.69) is 11.9 Å². The van der Waals surface area contributed by atoms with Gasteiger partial charge in [0.15, 0.2) is 0 Å². The van der Waals surface area contributed by atoms with Crippen molar-refractivity contribution in [2.75, 3.05) is 6.54 Å². The summed E-state index contributed by atoms with van der Waals surface area (Å²) in [5.74, 6) is -3.56. The molecule has 0 heterocycles. The lowest BCUT2D eigenvalue weighted by molar-refractivity contribution is -0.139. The van der Waals surface area contributed by atoms with Crippen molar-refractivity contribution in [3.05, 3.63) is 86.0 Å². The van der Waals surface area contributed by atoms with Gasteiger partial charge in [-0.15, -0.1) is 0 Å². The Labute approximate surface area is 237 Å². The highest BCUT2D eigenvalue weighted by atomic mass is 35.5. The molecule has 2 N–H and O–H groups in total. The van der Waals surface area contributed by atoms with Gasteiger partial charge < -0.3 is 10.6 Å². The molecule has 0 aromatic heterocycles. The number of rotatable bonds is 8. The van der Waals surface area contributed by atoms with Gasteiger partial charge >= 0.3 is 18.5 Å². The van der Waals surface area contributed by atoms with E-state index in [1.165, 1.54) is 0 Å². The Kier molecular flexibility index (Phi) is 9.08. The van der Waals surface area contributed by atoms with Crippen molar-refractivity contribution in [1.29, 1.82) is 0 Å². The topological polar surface area (TPSA) is 41.1 Å². The summed E-state index contributed by atoms with van der Waals surface area (Å²) in [5.41, 5.74) is -4.65. The molecule has 1 atom stereocenters. The number of halogens is 12. The second kappa shape index (κ2) is 11.4. The number of amides is 1. The largest absolute Gasteiger partial charge is 0.417 e. The van der Waals surface area contributed by atoms with Crippen molar-refractivity contribution >= 4 is 46.8 Å². The minimum Gasteiger partial charge on any atom is -0.378 e. The Bertz CT molecular complexity index is 1310. The first-order valence-electron chi connectivity index (χ1n) is 11.2. The molecule has 2 aromatic rings. The Morgan fingerprint density at radius 1 is 0.975 bits per heavy atom. The molecule has 0 bridgehead atoms. The van der Waals surface area contributed by atoms with Crippen molar-refractivity contribution in [2.24, 2.45) is 0 Å². The zero-order chi connectivity index (χ0) is 30.3. The molecular formula is C25H18Cl3F9N2O. The van der Waals surface area contributed by atoms with Gasteiger partial charge in [0.25, 0.3) is 5.91 Å². The molecule has 0 spiro atoms. The van der Waals surface area contributed by atoms with Crippen LogP contribution < -0.4 is 10.6 Å². The molecule has 1 fully saturated rings. The van der Waals surface area contributed by atoms with Crippen molar-refractivity contribution in [2.45, 2.75) is 42.8 Å². The predicted molar refractivity (Wildman–Crippen MR) is 133 cm³/mol. The molecule has 0 radical (unpaired) electrons. The van der Waals surface area contributed by atoms with E-state index in [1.54, 1.807) is 0 Å². The Morgan fingerprint density at radius 3 is 2.02 bits per heavy atom. The van der Waals surface area contributed by atoms with E-state index in [4.69, 9.17) is 34.8 Å². The first kappa shape index (κ1) is 32.0. The fourth-order valence-electron chi connectivity index (χ4n) is 3.76. The van der Waals surface area contributed by atoms with Crippen LogP contribution >= 0.6 is 34.8 Å². The molecule has 40 heavy (non-hydrogen) atoms. The lowest BCUT2D eigenvalue weighted by Crippen LogP contribution is -2.44. The van der Waals surface area contributed by atoms with Crippen LogP contribution in [0.4, 0.5) is 39.5 Å². The average Bonchev–Trinajstić information content (AvgIpc) is 3.59. The van der Waals surface area contributed by atoms with Crippen LogP contribution in [0.25, 0.3) is 6.08 Å². The van der Waals surface area contributed by atoms with Crippen molar-refractivity contribution in [3.63, 3.8) is 0 Å². The molecule has 3 rings (SSSR count). The van der Waals surface area contributed by atoms with Crippen LogP contribution in [0.1, 0.15) is 45.8 Å². The maximum Gasteiger partial charge on any atom is 0.417 e. The average molecular weight is 640 g/mol. The Hall–Kier alpha value is -2.57. The van der Waals surface area contributed by atoms with Gasteiger partial charge in [-0.05, 0) is 48.2 Å². The number of hydrogen-bond acceptors (Lipinski definition) is 2. The summed E-state index contributed by atoms with van der Waals surface area (Å²) in [6.07, 6.45) is -12.9. The maximum atomic E-state index is 13.8. The van der Waals surface area contributed by atoms with E-state index in [0.29, 0.717) is 12.1 Å². The first-order chi connectivity index (χ1) is 18.2. The van der Waals surface area contributed by atoms with Crippen LogP contribution in [0.5, 0.6) is 0 Å². The summed E-state index contributed by atoms with van der Waals surface area (Å²) in [7, 11) is 0. The fraction of sp³-hybridized carbons (Fsp3) is 0.320. The van der Waals surface area contributed by atoms with Crippen LogP contribution in [0.3, 0.4) is 0 Å². The Morgan fingerprint density at radius 2 is 1.55 bits per heavy atom. The van der Waals surface area contributed by atoms with E-state index >= 15 is 0 Å². The van der Waals surface area contributed by atoms with Crippen LogP contribution in [0.15, 0.2) is 48.7 Å². The normalized spacial score (nSPS) is 16.1. The fourth-order valence-corrected chi connectivity index (χ4v) is 4.37. The smallest absolute Gasteiger partial charge is 0.378 e. The van der Waals surface area contributed by atoms with E-state index in [1.807, 2.05) is 5.32 Å². The van der Waals surface area contributed by atoms with E-state index in [-0.39, 0.29) is 39.2 Å². The second-order valence-corrected chi connectivity index (χ2v) is 10.2. The van der Waals surface area contributed by atoms with Gasteiger partial charge in [-0.2, -0.15) is 39.5 Å². The molecule has 15 heteroatoms. The number of allylic oxidation sites excluding steroid dienone is 1. The van der Waals surface area contributed by atoms with Gasteiger partial charge in [0.05, 0.1) is 37.7 Å². The number of carbonyl (C=O) groups excluding carboxylic acids is 1. The highest BCUT2D eigenvalue weighted by molar-refractivity contribution is 6.48. The summed E-state index contributed by atoms with van der Waals surface area (Å²) in [6.45, 7) is 2.00. The second-order valence-electron chi connectivity index (χ2n) is 8.96. The van der Waals surface area contributed by atoms with Gasteiger partial charge in [-0.3, -0.25) is 4.79 Å². The van der Waals surface area contributed by atoms with Crippen LogP contribution in [0, 0.1) is 0 Å². The van der Waals surface area contributed by atoms with E-state index in [0.717, 1.165) is 30.3 Å². The lowest BCUT2D eigenvalue weighted by Gasteiger charge is -2.23. The molecule has 1 aliphatic rings. The summed E-state index contributed by atoms with van der Waals surface area (Å²) >= 11 is 17.4. The Balaban J connectivity index is 1.90. The molecular weight excluding hydrogens is 622 g/mol. The monoisotopic (exact) mass is 638 g/mol. The molecule has 218 valence electrons. The summed E-state index contributed by atoms with van der Waals surface area (Å²) < 4.78 is 120. The van der Waals surface area contributed by atoms with Crippen molar-refractivity contribution in [1.82, 2.24) is 10.6 Å². The SMILES string of the molecule is C=C(NCC(F)(F)F)C1(NC(=O)c2ccc(/C=C/C(c3cc(Cl)c(Cl)c(Cl)c3)C(F)(F)F)cc2C(F)(F)F)CC1. The third kappa shape index (κ3) is 7.79. The predicted octanol–water partition coefficient (Wildman–Crippen LogP) is 8.95. The molecule has 1 aliphatic carbocycles. The van der Waals surface area contributed by atoms with Crippen molar-refractivity contribution in [3.8, 4) is 0 Å². The van der Waals surface area contributed by atoms with Crippen LogP contribution in [0.2, 0.25) is 15.1 Å². The molecule has 3 nitrogen and oxygen atoms in total. The zero-order valence-electron chi connectivity index (χ0n) is 19.9. The maximum absolute atomic E-state index is 13.8. The van der Waals surface area contributed by atoms with E-state index < -0.39 is 59.1 Å². The number of carbonyl (C=O) groups is 1. The molecule has 0 saturated heterocycles. The quantitative estimate of drug-likeness (QED) is 0.224. The number of alkyl halides is 9. The van der Waals surface area contributed by atoms with Gasteiger partial charge in [0, 0.05) is 5.70 Å². The molecule has 1 unspecified atom stereocenters. The van der Waals surface area contributed by atoms with Gasteiger partial charge in [0.1, 0.15) is 6.54 Å². The van der Waals surface area contributed by atoms with Crippen LogP contribution in [-0.2, 0) is 6.18 Å². The molecule has 2 aromatic carbocycles. The van der Waals surface area contributed by atoms with Crippen molar-refractivity contribution < 1.29 is 44.3 Å². The van der Waals surface area contributed by atoms with Gasteiger partial charge in [0.2, 0.25) is 0 Å². The highest BCUT2D eigenvalue weighted by Crippen LogP contribution is 2.43. The van der Waals surface area contributed by atoms with Crippen LogP contribution in [-0.4, -0.2) is 30.3 Å². The first-order valence-corrected chi connectivity index (χ1v) is 12.3. The van der Waals surface area contributed by atoms with E-state index in [9.17, 15) is 44.3 Å². The number of hydrogen-bond donors (Lipinski definition) is 2. The van der Waals surface area contributed by atoms with Gasteiger partial charge in [-0.1, -0.05) is 59.6 Å². The number of nitrogens with one attached hydrogen (secondary N) is 2. The summed E-state index contributed by atoms with van der Waals surface area (Å²) in [5, 5.41) is 3.62. The highest BCUT2D eigenvalue weighted by Gasteiger charge is 2.48. The molecule has 0 aliphatic heterocycles. The lowest BCUT2D eigenvalue weighted by atomic mass is 9.96. The summed E-state index contributed by atoms with van der Waals surface area (Å²) in [6, 6.07) is 4.09. The minimum absolute atomic E-state index is 0.141. The third-order valence-corrected chi connectivity index (χ3v) is 7.17. The summed E-state index contributed by atoms with van der Waals surface area (Å²) in [4.78, 5) is 12.8. The zero-order valence-corrected chi connectivity index (χ0v) is 22.2. The van der Waals surface area contributed by atoms with Gasteiger partial charge in [-0.25, -0.2) is 0 Å². The number of benzene rings is 2. The standard InChI is InChI=1S/C25H18Cl3F9N2O/c1-12(38-11-23(29,30)31)22(6-7-22)39-21(40)15-4-2-13(8-17(15)25(35,36)37)3-5-16(24(32,33)34)14-9-18(26)20(28)19(27)10-14/h2-5,8-10,16,38H,1,6-7,11H2,(H,39,40)/b5-3+.